The molecule has 53 heavy (non-hydrogen) atoms. The number of rotatable bonds is 6. The first-order valence-electron chi connectivity index (χ1n) is 17.8. The number of hydrogen-bond acceptors (Lipinski definition) is 4. The van der Waals surface area contributed by atoms with Gasteiger partial charge in [0.15, 0.2) is 17.5 Å². The van der Waals surface area contributed by atoms with E-state index >= 15 is 0 Å². The van der Waals surface area contributed by atoms with Gasteiger partial charge in [-0.15, -0.1) is 0 Å². The summed E-state index contributed by atoms with van der Waals surface area (Å²) in [5.74, 6) is 1.82. The van der Waals surface area contributed by atoms with Gasteiger partial charge >= 0.3 is 0 Å². The molecule has 10 rings (SSSR count). The minimum Gasteiger partial charge on any atom is -0.455 e. The second kappa shape index (κ2) is 12.9. The minimum atomic E-state index is 0.591. The van der Waals surface area contributed by atoms with Crippen LogP contribution in [0, 0.1) is 0 Å². The van der Waals surface area contributed by atoms with Crippen molar-refractivity contribution in [2.75, 3.05) is 0 Å². The summed E-state index contributed by atoms with van der Waals surface area (Å²) in [5.41, 5.74) is 11.1. The van der Waals surface area contributed by atoms with Crippen LogP contribution in [0.15, 0.2) is 192 Å². The Morgan fingerprint density at radius 2 is 0.868 bits per heavy atom. The standard InChI is InChI=1S/C49H31N3O/c1-3-13-32(14-4-1)34-25-28-36(29-26-34)47-50-48(38-30-27-33-15-7-8-18-37(33)31-38)52-49(51-47)43-23-12-24-44-45(43)42-22-11-21-41(46(42)53-44)40-20-10-9-19-39(40)35-16-5-2-6-17-35/h1-31H. The molecule has 0 aliphatic carbocycles. The quantitative estimate of drug-likeness (QED) is 0.176. The molecule has 0 spiro atoms. The third-order valence-corrected chi connectivity index (χ3v) is 9.96. The van der Waals surface area contributed by atoms with Crippen LogP contribution in [0.2, 0.25) is 0 Å². The average molecular weight is 678 g/mol. The molecule has 0 saturated heterocycles. The topological polar surface area (TPSA) is 51.8 Å². The molecular formula is C49H31N3O. The van der Waals surface area contributed by atoms with E-state index in [2.05, 4.69) is 164 Å². The lowest BCUT2D eigenvalue weighted by molar-refractivity contribution is 0.670. The Bertz CT molecular complexity index is 2930. The summed E-state index contributed by atoms with van der Waals surface area (Å²) in [6, 6.07) is 65.1. The Kier molecular flexibility index (Phi) is 7.43. The normalized spacial score (nSPS) is 11.4. The van der Waals surface area contributed by atoms with Crippen LogP contribution in [0.4, 0.5) is 0 Å². The highest BCUT2D eigenvalue weighted by molar-refractivity contribution is 6.15. The van der Waals surface area contributed by atoms with Gasteiger partial charge in [-0.05, 0) is 50.7 Å². The van der Waals surface area contributed by atoms with E-state index < -0.39 is 0 Å². The fraction of sp³-hybridized carbons (Fsp3) is 0. The second-order valence-corrected chi connectivity index (χ2v) is 13.2. The molecule has 0 amide bonds. The molecule has 0 unspecified atom stereocenters. The van der Waals surface area contributed by atoms with Crippen molar-refractivity contribution >= 4 is 32.7 Å². The van der Waals surface area contributed by atoms with Gasteiger partial charge in [-0.1, -0.05) is 176 Å². The molecular weight excluding hydrogens is 647 g/mol. The maximum Gasteiger partial charge on any atom is 0.164 e. The van der Waals surface area contributed by atoms with Crippen molar-refractivity contribution in [3.63, 3.8) is 0 Å². The first kappa shape index (κ1) is 30.6. The Morgan fingerprint density at radius 1 is 0.321 bits per heavy atom. The van der Waals surface area contributed by atoms with Gasteiger partial charge in [0.2, 0.25) is 0 Å². The lowest BCUT2D eigenvalue weighted by Crippen LogP contribution is -2.00. The molecule has 2 heterocycles. The molecule has 0 aliphatic heterocycles. The number of nitrogens with zero attached hydrogens (tertiary/aromatic N) is 3. The zero-order valence-corrected chi connectivity index (χ0v) is 28.6. The van der Waals surface area contributed by atoms with Gasteiger partial charge in [-0.2, -0.15) is 0 Å². The summed E-state index contributed by atoms with van der Waals surface area (Å²) in [5, 5.41) is 4.29. The van der Waals surface area contributed by atoms with Crippen LogP contribution in [0.5, 0.6) is 0 Å². The lowest BCUT2D eigenvalue weighted by Gasteiger charge is -2.11. The van der Waals surface area contributed by atoms with E-state index in [0.29, 0.717) is 17.5 Å². The predicted octanol–water partition coefficient (Wildman–Crippen LogP) is 12.9. The van der Waals surface area contributed by atoms with Gasteiger partial charge in [-0.25, -0.2) is 15.0 Å². The van der Waals surface area contributed by atoms with Crippen molar-refractivity contribution in [2.24, 2.45) is 0 Å². The Hall–Kier alpha value is -7.17. The SMILES string of the molecule is c1ccc(-c2ccc(-c3nc(-c4ccc5ccccc5c4)nc(-c4cccc5oc6c(-c7ccccc7-c7ccccc7)cccc6c45)n3)cc2)cc1. The van der Waals surface area contributed by atoms with E-state index in [1.54, 1.807) is 0 Å². The number of furan rings is 1. The second-order valence-electron chi connectivity index (χ2n) is 13.2. The zero-order chi connectivity index (χ0) is 35.1. The number of fused-ring (bicyclic) bond motifs is 4. The van der Waals surface area contributed by atoms with Crippen molar-refractivity contribution in [3.8, 4) is 67.5 Å². The molecule has 4 heteroatoms. The lowest BCUT2D eigenvalue weighted by atomic mass is 9.93. The molecule has 0 saturated carbocycles. The van der Waals surface area contributed by atoms with E-state index in [9.17, 15) is 0 Å². The minimum absolute atomic E-state index is 0.591. The Morgan fingerprint density at radius 3 is 1.66 bits per heavy atom. The molecule has 0 atom stereocenters. The predicted molar refractivity (Wildman–Crippen MR) is 217 cm³/mol. The molecule has 0 bridgehead atoms. The Labute approximate surface area is 306 Å². The summed E-state index contributed by atoms with van der Waals surface area (Å²) in [4.78, 5) is 15.4. The van der Waals surface area contributed by atoms with Crippen LogP contribution < -0.4 is 0 Å². The van der Waals surface area contributed by atoms with Gasteiger partial charge in [0.1, 0.15) is 11.2 Å². The van der Waals surface area contributed by atoms with Crippen molar-refractivity contribution in [1.29, 1.82) is 0 Å². The molecule has 2 aromatic heterocycles. The van der Waals surface area contributed by atoms with Gasteiger partial charge in [0.25, 0.3) is 0 Å². The summed E-state index contributed by atoms with van der Waals surface area (Å²) in [6.07, 6.45) is 0. The third-order valence-electron chi connectivity index (χ3n) is 9.96. The van der Waals surface area contributed by atoms with Crippen molar-refractivity contribution < 1.29 is 4.42 Å². The highest BCUT2D eigenvalue weighted by Crippen LogP contribution is 2.42. The summed E-state index contributed by atoms with van der Waals surface area (Å²) >= 11 is 0. The molecule has 0 fully saturated rings. The fourth-order valence-corrected chi connectivity index (χ4v) is 7.36. The average Bonchev–Trinajstić information content (AvgIpc) is 3.63. The smallest absolute Gasteiger partial charge is 0.164 e. The number of para-hydroxylation sites is 1. The molecule has 0 aliphatic rings. The van der Waals surface area contributed by atoms with Crippen LogP contribution >= 0.6 is 0 Å². The Balaban J connectivity index is 1.17. The summed E-state index contributed by atoms with van der Waals surface area (Å²) < 4.78 is 6.75. The first-order chi connectivity index (χ1) is 26.3. The van der Waals surface area contributed by atoms with Crippen molar-refractivity contribution in [2.45, 2.75) is 0 Å². The number of aromatic nitrogens is 3. The molecule has 0 radical (unpaired) electrons. The summed E-state index contributed by atoms with van der Waals surface area (Å²) in [6.45, 7) is 0. The molecule has 0 N–H and O–H groups in total. The highest BCUT2D eigenvalue weighted by atomic mass is 16.3. The van der Waals surface area contributed by atoms with Crippen LogP contribution in [0.1, 0.15) is 0 Å². The van der Waals surface area contributed by atoms with Crippen molar-refractivity contribution in [1.82, 2.24) is 15.0 Å². The highest BCUT2D eigenvalue weighted by Gasteiger charge is 2.20. The van der Waals surface area contributed by atoms with Crippen LogP contribution in [-0.2, 0) is 0 Å². The van der Waals surface area contributed by atoms with Gasteiger partial charge < -0.3 is 4.42 Å². The monoisotopic (exact) mass is 677 g/mol. The van der Waals surface area contributed by atoms with Crippen LogP contribution in [0.3, 0.4) is 0 Å². The zero-order valence-electron chi connectivity index (χ0n) is 28.6. The fourth-order valence-electron chi connectivity index (χ4n) is 7.36. The summed E-state index contributed by atoms with van der Waals surface area (Å²) in [7, 11) is 0. The van der Waals surface area contributed by atoms with E-state index in [1.165, 1.54) is 5.39 Å². The van der Waals surface area contributed by atoms with Crippen molar-refractivity contribution in [3.05, 3.63) is 188 Å². The van der Waals surface area contributed by atoms with E-state index in [4.69, 9.17) is 19.4 Å². The van der Waals surface area contributed by atoms with Crippen LogP contribution in [0.25, 0.3) is 100 Å². The molecule has 10 aromatic rings. The van der Waals surface area contributed by atoms with E-state index in [0.717, 1.165) is 77.4 Å². The maximum absolute atomic E-state index is 6.75. The molecule has 248 valence electrons. The van der Waals surface area contributed by atoms with E-state index in [-0.39, 0.29) is 0 Å². The molecule has 4 nitrogen and oxygen atoms in total. The largest absolute Gasteiger partial charge is 0.455 e. The first-order valence-corrected chi connectivity index (χ1v) is 17.8. The molecule has 8 aromatic carbocycles. The third kappa shape index (κ3) is 5.54. The van der Waals surface area contributed by atoms with Gasteiger partial charge in [0, 0.05) is 33.0 Å². The van der Waals surface area contributed by atoms with Gasteiger partial charge in [-0.3, -0.25) is 0 Å². The van der Waals surface area contributed by atoms with E-state index in [1.807, 2.05) is 24.3 Å². The van der Waals surface area contributed by atoms with Gasteiger partial charge in [0.05, 0.1) is 0 Å². The maximum atomic E-state index is 6.75. The van der Waals surface area contributed by atoms with Crippen LogP contribution in [-0.4, -0.2) is 15.0 Å². The number of benzene rings is 8. The number of hydrogen-bond donors (Lipinski definition) is 0.